The summed E-state index contributed by atoms with van der Waals surface area (Å²) in [4.78, 5) is 14.1. The molecule has 1 amide bonds. The summed E-state index contributed by atoms with van der Waals surface area (Å²) in [5.41, 5.74) is -0.424. The number of likely N-dealkylation sites (tertiary alicyclic amines) is 1. The summed E-state index contributed by atoms with van der Waals surface area (Å²) in [6.45, 7) is 10.9. The van der Waals surface area contributed by atoms with Gasteiger partial charge in [-0.25, -0.2) is 4.79 Å². The molecule has 4 heteroatoms. The molecule has 1 atom stereocenters. The molecule has 106 valence electrons. The maximum atomic E-state index is 11.6. The molecule has 1 N–H and O–H groups in total. The van der Waals surface area contributed by atoms with E-state index in [2.05, 4.69) is 10.2 Å². The molecular weight excluding hydrogens is 228 g/mol. The van der Waals surface area contributed by atoms with Crippen molar-refractivity contribution in [2.45, 2.75) is 65.0 Å². The molecule has 1 fully saturated rings. The molecule has 0 aromatic carbocycles. The highest BCUT2D eigenvalue weighted by molar-refractivity contribution is 5.68. The lowest BCUT2D eigenvalue weighted by Crippen LogP contribution is -2.44. The van der Waals surface area contributed by atoms with Crippen LogP contribution in [0.3, 0.4) is 0 Å². The summed E-state index contributed by atoms with van der Waals surface area (Å²) in [5, 5.41) is 2.90. The van der Waals surface area contributed by atoms with Gasteiger partial charge in [0.05, 0.1) is 0 Å². The average molecular weight is 256 g/mol. The monoisotopic (exact) mass is 256 g/mol. The zero-order valence-electron chi connectivity index (χ0n) is 12.3. The Balaban J connectivity index is 2.27. The lowest BCUT2D eigenvalue weighted by atomic mass is 10.2. The van der Waals surface area contributed by atoms with Crippen LogP contribution < -0.4 is 5.32 Å². The lowest BCUT2D eigenvalue weighted by molar-refractivity contribution is 0.0497. The van der Waals surface area contributed by atoms with Crippen LogP contribution in [0.15, 0.2) is 0 Å². The minimum absolute atomic E-state index is 0.137. The normalized spacial score (nSPS) is 20.0. The number of rotatable bonds is 3. The Morgan fingerprint density at radius 2 is 1.78 bits per heavy atom. The standard InChI is InChI=1S/C14H28N2O2/c1-12(15-13(17)18-14(2,3)4)11-16-9-7-5-6-8-10-16/h12H,5-11H2,1-4H3,(H,15,17)/t12-/m1/s1. The molecule has 0 bridgehead atoms. The van der Waals surface area contributed by atoms with Gasteiger partial charge in [0, 0.05) is 12.6 Å². The highest BCUT2D eigenvalue weighted by atomic mass is 16.6. The van der Waals surface area contributed by atoms with Gasteiger partial charge in [-0.3, -0.25) is 0 Å². The van der Waals surface area contributed by atoms with Crippen LogP contribution in [0, 0.1) is 0 Å². The SMILES string of the molecule is C[C@H](CN1CCCCCC1)NC(=O)OC(C)(C)C. The third-order valence-corrected chi connectivity index (χ3v) is 2.99. The first-order valence-electron chi connectivity index (χ1n) is 7.09. The molecule has 1 aliphatic rings. The van der Waals surface area contributed by atoms with E-state index in [0.717, 1.165) is 19.6 Å². The van der Waals surface area contributed by atoms with E-state index in [1.807, 2.05) is 27.7 Å². The van der Waals surface area contributed by atoms with Crippen molar-refractivity contribution in [1.29, 1.82) is 0 Å². The molecule has 1 heterocycles. The summed E-state index contributed by atoms with van der Waals surface area (Å²) in [6, 6.07) is 0.137. The van der Waals surface area contributed by atoms with Gasteiger partial charge in [-0.15, -0.1) is 0 Å². The zero-order valence-corrected chi connectivity index (χ0v) is 12.3. The molecule has 4 nitrogen and oxygen atoms in total. The van der Waals surface area contributed by atoms with E-state index in [-0.39, 0.29) is 12.1 Å². The highest BCUT2D eigenvalue weighted by Crippen LogP contribution is 2.10. The number of carbonyl (C=O) groups is 1. The van der Waals surface area contributed by atoms with Gasteiger partial charge in [-0.05, 0) is 53.6 Å². The van der Waals surface area contributed by atoms with E-state index >= 15 is 0 Å². The van der Waals surface area contributed by atoms with E-state index < -0.39 is 5.60 Å². The van der Waals surface area contributed by atoms with Crippen molar-refractivity contribution in [3.05, 3.63) is 0 Å². The van der Waals surface area contributed by atoms with Crippen LogP contribution >= 0.6 is 0 Å². The fourth-order valence-corrected chi connectivity index (χ4v) is 2.26. The summed E-state index contributed by atoms with van der Waals surface area (Å²) >= 11 is 0. The van der Waals surface area contributed by atoms with E-state index in [4.69, 9.17) is 4.74 Å². The molecule has 0 aliphatic carbocycles. The maximum Gasteiger partial charge on any atom is 0.407 e. The number of alkyl carbamates (subject to hydrolysis) is 1. The average Bonchev–Trinajstić information content (AvgIpc) is 2.42. The summed E-state index contributed by atoms with van der Waals surface area (Å²) < 4.78 is 5.25. The van der Waals surface area contributed by atoms with Gasteiger partial charge < -0.3 is 15.0 Å². The van der Waals surface area contributed by atoms with E-state index in [1.165, 1.54) is 25.7 Å². The first-order chi connectivity index (χ1) is 8.37. The largest absolute Gasteiger partial charge is 0.444 e. The quantitative estimate of drug-likeness (QED) is 0.844. The van der Waals surface area contributed by atoms with Crippen LogP contribution in [0.2, 0.25) is 0 Å². The molecule has 1 aliphatic heterocycles. The molecule has 18 heavy (non-hydrogen) atoms. The summed E-state index contributed by atoms with van der Waals surface area (Å²) in [6.07, 6.45) is 4.91. The molecule has 0 aromatic heterocycles. The topological polar surface area (TPSA) is 41.6 Å². The Labute approximate surface area is 111 Å². The Morgan fingerprint density at radius 3 is 2.28 bits per heavy atom. The fraction of sp³-hybridized carbons (Fsp3) is 0.929. The second-order valence-electron chi connectivity index (χ2n) is 6.26. The number of hydrogen-bond acceptors (Lipinski definition) is 3. The molecule has 0 radical (unpaired) electrons. The van der Waals surface area contributed by atoms with Crippen LogP contribution in [0.4, 0.5) is 4.79 Å². The van der Waals surface area contributed by atoms with Crippen molar-refractivity contribution >= 4 is 6.09 Å². The van der Waals surface area contributed by atoms with E-state index in [0.29, 0.717) is 0 Å². The van der Waals surface area contributed by atoms with Crippen LogP contribution in [-0.2, 0) is 4.74 Å². The minimum Gasteiger partial charge on any atom is -0.444 e. The number of carbonyl (C=O) groups excluding carboxylic acids is 1. The van der Waals surface area contributed by atoms with Crippen molar-refractivity contribution in [1.82, 2.24) is 10.2 Å². The van der Waals surface area contributed by atoms with Crippen molar-refractivity contribution in [2.75, 3.05) is 19.6 Å². The number of amides is 1. The number of nitrogens with zero attached hydrogens (tertiary/aromatic N) is 1. The van der Waals surface area contributed by atoms with Crippen LogP contribution in [0.25, 0.3) is 0 Å². The smallest absolute Gasteiger partial charge is 0.407 e. The number of hydrogen-bond donors (Lipinski definition) is 1. The second kappa shape index (κ2) is 6.98. The summed E-state index contributed by atoms with van der Waals surface area (Å²) in [5.74, 6) is 0. The van der Waals surface area contributed by atoms with Gasteiger partial charge in [0.15, 0.2) is 0 Å². The maximum absolute atomic E-state index is 11.6. The fourth-order valence-electron chi connectivity index (χ4n) is 2.26. The van der Waals surface area contributed by atoms with Crippen molar-refractivity contribution in [2.24, 2.45) is 0 Å². The Kier molecular flexibility index (Phi) is 5.93. The van der Waals surface area contributed by atoms with Gasteiger partial charge in [0.1, 0.15) is 5.60 Å². The predicted molar refractivity (Wildman–Crippen MR) is 73.7 cm³/mol. The predicted octanol–water partition coefficient (Wildman–Crippen LogP) is 2.78. The molecule has 1 saturated heterocycles. The van der Waals surface area contributed by atoms with E-state index in [9.17, 15) is 4.79 Å². The second-order valence-corrected chi connectivity index (χ2v) is 6.26. The first kappa shape index (κ1) is 15.3. The lowest BCUT2D eigenvalue weighted by Gasteiger charge is -2.26. The van der Waals surface area contributed by atoms with Gasteiger partial charge in [0.25, 0.3) is 0 Å². The Bertz CT molecular complexity index is 253. The van der Waals surface area contributed by atoms with Crippen molar-refractivity contribution in [3.63, 3.8) is 0 Å². The van der Waals surface area contributed by atoms with Crippen molar-refractivity contribution < 1.29 is 9.53 Å². The van der Waals surface area contributed by atoms with Gasteiger partial charge >= 0.3 is 6.09 Å². The van der Waals surface area contributed by atoms with Gasteiger partial charge in [-0.1, -0.05) is 12.8 Å². The van der Waals surface area contributed by atoms with Crippen LogP contribution in [0.1, 0.15) is 53.4 Å². The Hall–Kier alpha value is -0.770. The third-order valence-electron chi connectivity index (χ3n) is 2.99. The number of ether oxygens (including phenoxy) is 1. The summed E-state index contributed by atoms with van der Waals surface area (Å²) in [7, 11) is 0. The molecule has 0 unspecified atom stereocenters. The van der Waals surface area contributed by atoms with Gasteiger partial charge in [0.2, 0.25) is 0 Å². The zero-order chi connectivity index (χ0) is 13.6. The van der Waals surface area contributed by atoms with Crippen LogP contribution in [0.5, 0.6) is 0 Å². The third kappa shape index (κ3) is 6.84. The molecule has 0 saturated carbocycles. The van der Waals surface area contributed by atoms with Gasteiger partial charge in [-0.2, -0.15) is 0 Å². The highest BCUT2D eigenvalue weighted by Gasteiger charge is 2.19. The number of nitrogens with one attached hydrogen (secondary N) is 1. The minimum atomic E-state index is -0.424. The molecule has 0 spiro atoms. The van der Waals surface area contributed by atoms with Crippen molar-refractivity contribution in [3.8, 4) is 0 Å². The molecule has 1 rings (SSSR count). The van der Waals surface area contributed by atoms with E-state index in [1.54, 1.807) is 0 Å². The first-order valence-corrected chi connectivity index (χ1v) is 7.09. The Morgan fingerprint density at radius 1 is 1.22 bits per heavy atom. The molecule has 0 aromatic rings. The molecular formula is C14H28N2O2. The van der Waals surface area contributed by atoms with Crippen LogP contribution in [-0.4, -0.2) is 42.3 Å².